The van der Waals surface area contributed by atoms with Gasteiger partial charge >= 0.3 is 53.7 Å². The van der Waals surface area contributed by atoms with Crippen molar-refractivity contribution in [1.29, 1.82) is 5.26 Å². The SMILES string of the molecule is CCCC(=O)CC(CCOCCC(=O)NO)(COCCC(=O)NO)OCCC(=O)NO.CCCC(=O)CC(CCOCCC(=O)OC)(COCCC(=O)OC)OCCC(=O)OC.CCN.COC(=O)CCOCCC(COCCC(=O)OC)(OC#N)OCCC(=O)OC.COC(=O)CCOCCC(N)(COCCC(=O)OC)OCCC(=O)OC.C[Si](C)(C)ON. The predicted octanol–water partition coefficient (Wildman–Crippen LogP) is 1.98. The number of nitrogens with zero attached hydrogens (tertiary/aromatic N) is 1. The van der Waals surface area contributed by atoms with Gasteiger partial charge in [-0.3, -0.25) is 82.7 Å². The van der Waals surface area contributed by atoms with Crippen molar-refractivity contribution >= 4 is 91.3 Å². The summed E-state index contributed by atoms with van der Waals surface area (Å²) in [7, 11) is 10.2. The van der Waals surface area contributed by atoms with Crippen molar-refractivity contribution in [2.75, 3.05) is 203 Å². The van der Waals surface area contributed by atoms with E-state index >= 15 is 0 Å². The molecule has 0 aliphatic rings. The number of carbonyl (C=O) groups is 14. The highest BCUT2D eigenvalue weighted by Gasteiger charge is 2.38. The third-order valence-electron chi connectivity index (χ3n) is 15.7. The average molecular weight is 1840 g/mol. The van der Waals surface area contributed by atoms with E-state index in [1.807, 2.05) is 40.4 Å². The lowest BCUT2D eigenvalue weighted by Gasteiger charge is -2.33. The zero-order valence-corrected chi connectivity index (χ0v) is 76.5. The molecule has 12 N–H and O–H groups in total. The minimum Gasteiger partial charge on any atom is -0.469 e. The summed E-state index contributed by atoms with van der Waals surface area (Å²) in [6, 6.07) is 0. The molecule has 0 aromatic carbocycles. The third kappa shape index (κ3) is 82.5. The molecule has 48 heteroatoms. The van der Waals surface area contributed by atoms with Crippen molar-refractivity contribution in [3.05, 3.63) is 0 Å². The Morgan fingerprint density at radius 1 is 0.336 bits per heavy atom. The molecule has 47 nitrogen and oxygen atoms in total. The summed E-state index contributed by atoms with van der Waals surface area (Å²) in [5, 5.41) is 34.6. The van der Waals surface area contributed by atoms with Gasteiger partial charge in [-0.2, -0.15) is 5.26 Å². The number of ketones is 2. The molecule has 0 aromatic rings. The highest BCUT2D eigenvalue weighted by atomic mass is 28.4. The number of carbonyl (C=O) groups excluding carboxylic acids is 14. The molecular formula is C77H143N7O40Si. The van der Waals surface area contributed by atoms with Gasteiger partial charge in [0, 0.05) is 64.6 Å². The largest absolute Gasteiger partial charge is 0.469 e. The van der Waals surface area contributed by atoms with Crippen LogP contribution >= 0.6 is 0 Å². The fourth-order valence-corrected chi connectivity index (χ4v) is 8.88. The van der Waals surface area contributed by atoms with Gasteiger partial charge in [0.25, 0.3) is 6.26 Å². The van der Waals surface area contributed by atoms with Crippen LogP contribution in [-0.4, -0.2) is 332 Å². The summed E-state index contributed by atoms with van der Waals surface area (Å²) in [4.78, 5) is 159. The number of nitriles is 1. The van der Waals surface area contributed by atoms with E-state index < -0.39 is 90.5 Å². The Hall–Kier alpha value is -8.27. The number of methoxy groups -OCH3 is 9. The summed E-state index contributed by atoms with van der Waals surface area (Å²) in [6.45, 7) is 13.4. The number of hydroxylamine groups is 3. The van der Waals surface area contributed by atoms with Gasteiger partial charge in [0.15, 0.2) is 0 Å². The molecule has 730 valence electrons. The second-order valence-corrected chi connectivity index (χ2v) is 31.4. The fraction of sp³-hybridized carbons (Fsp3) is 0.805. The first-order chi connectivity index (χ1) is 59.4. The Bertz CT molecular complexity index is 2840. The zero-order chi connectivity index (χ0) is 96.1. The molecule has 125 heavy (non-hydrogen) atoms. The number of esters is 9. The number of hydrogen-bond acceptors (Lipinski definition) is 44. The number of Topliss-reactive ketones (excluding diaryl/α,β-unsaturated/α-hetero) is 2. The lowest BCUT2D eigenvalue weighted by Crippen LogP contribution is -2.48. The van der Waals surface area contributed by atoms with Crippen LogP contribution in [0.25, 0.3) is 0 Å². The molecule has 0 saturated heterocycles. The van der Waals surface area contributed by atoms with Crippen LogP contribution < -0.4 is 33.8 Å². The smallest absolute Gasteiger partial charge is 0.307 e. The van der Waals surface area contributed by atoms with E-state index in [1.54, 1.807) is 6.26 Å². The van der Waals surface area contributed by atoms with Gasteiger partial charge in [0.05, 0.1) is 253 Å². The van der Waals surface area contributed by atoms with Crippen molar-refractivity contribution < 1.29 is 191 Å². The van der Waals surface area contributed by atoms with E-state index in [4.69, 9.17) is 99.8 Å². The van der Waals surface area contributed by atoms with E-state index in [0.29, 0.717) is 32.1 Å². The van der Waals surface area contributed by atoms with Gasteiger partial charge in [0.2, 0.25) is 31.8 Å². The highest BCUT2D eigenvalue weighted by molar-refractivity contribution is 6.69. The van der Waals surface area contributed by atoms with Gasteiger partial charge in [-0.1, -0.05) is 20.8 Å². The molecule has 0 aliphatic carbocycles. The number of hydrogen-bond donors (Lipinski definition) is 9. The van der Waals surface area contributed by atoms with Crippen LogP contribution in [0.1, 0.15) is 162 Å². The molecule has 3 amide bonds. The second kappa shape index (κ2) is 85.2. The number of ether oxygens (including phenoxy) is 22. The van der Waals surface area contributed by atoms with Gasteiger partial charge in [-0.15, -0.1) is 0 Å². The summed E-state index contributed by atoms with van der Waals surface area (Å²) in [6.07, 6.45) is 4.53. The standard InChI is InChI=1S/C21H36O10.C18H33N3O10.C17H27NO10.C16H29NO9.C3H11NOSi.C2H7N/c1-5-6-17(22)15-21(31-13-9-20(25)28-4,16-30-12-8-19(24)27-3)10-14-29-11-7-18(23)26-2;1-2-3-14(22)12-18(31-10-6-17(25)21-28,13-30-9-5-16(24)20-27)7-11-29-8-4-15(23)19-26;1-22-14(19)4-8-25-11-7-17(28-13-18,27-10-6-16(21)24-3)12-26-9-5-15(20)23-2;1-21-13(18)4-8-24-11-7-16(17,26-10-6-15(20)23-3)12-25-9-5-14(19)22-2;1-6(2,3)5-4;1-2-3/h5-16H2,1-4H3;26-28H,2-13H2,1H3,(H,19,23)(H,20,24)(H,21,25);4-12H2,1-3H3;4-12,17H2,1-3H3;4H2,1-3H3;2-3H2,1H3. The lowest BCUT2D eigenvalue weighted by atomic mass is 9.92. The van der Waals surface area contributed by atoms with Crippen molar-refractivity contribution in [3.8, 4) is 6.26 Å². The Morgan fingerprint density at radius 2 is 0.576 bits per heavy atom. The second-order valence-electron chi connectivity index (χ2n) is 26.9. The van der Waals surface area contributed by atoms with Crippen LogP contribution in [0.2, 0.25) is 19.6 Å². The highest BCUT2D eigenvalue weighted by Crippen LogP contribution is 2.27. The molecule has 0 aliphatic heterocycles. The van der Waals surface area contributed by atoms with Crippen molar-refractivity contribution in [2.24, 2.45) is 17.4 Å². The molecule has 4 unspecified atom stereocenters. The minimum atomic E-state index is -1.52. The first-order valence-corrected chi connectivity index (χ1v) is 43.4. The van der Waals surface area contributed by atoms with Crippen LogP contribution in [0.3, 0.4) is 0 Å². The van der Waals surface area contributed by atoms with Gasteiger partial charge in [-0.25, -0.2) is 22.3 Å². The van der Waals surface area contributed by atoms with Gasteiger partial charge in [-0.05, 0) is 39.0 Å². The van der Waals surface area contributed by atoms with E-state index in [-0.39, 0.29) is 265 Å². The monoisotopic (exact) mass is 1830 g/mol. The Balaban J connectivity index is -0.000000365. The first kappa shape index (κ1) is 128. The topological polar surface area (TPSA) is 650 Å². The molecule has 0 aromatic heterocycles. The van der Waals surface area contributed by atoms with Crippen LogP contribution in [0.15, 0.2) is 0 Å². The van der Waals surface area contributed by atoms with E-state index in [9.17, 15) is 67.1 Å². The van der Waals surface area contributed by atoms with Gasteiger partial charge in [0.1, 0.15) is 35.1 Å². The number of amides is 3. The fourth-order valence-electron chi connectivity index (χ4n) is 8.88. The molecule has 0 radical (unpaired) electrons. The number of nitrogens with one attached hydrogen (secondary N) is 3. The normalized spacial score (nSPS) is 12.4. The van der Waals surface area contributed by atoms with Crippen LogP contribution in [0, 0.1) is 11.5 Å². The van der Waals surface area contributed by atoms with Crippen LogP contribution in [0.5, 0.6) is 0 Å². The molecule has 0 rings (SSSR count). The Morgan fingerprint density at radius 3 is 0.872 bits per heavy atom. The summed E-state index contributed by atoms with van der Waals surface area (Å²) in [5.74, 6) is -2.46. The van der Waals surface area contributed by atoms with Crippen LogP contribution in [-0.2, 0) is 176 Å². The molecule has 0 bridgehead atoms. The van der Waals surface area contributed by atoms with Crippen molar-refractivity contribution in [1.82, 2.24) is 16.4 Å². The van der Waals surface area contributed by atoms with E-state index in [0.717, 1.165) is 6.54 Å². The van der Waals surface area contributed by atoms with E-state index in [1.165, 1.54) is 80.4 Å². The number of nitrogens with two attached hydrogens (primary N) is 3. The van der Waals surface area contributed by atoms with E-state index in [2.05, 4.69) is 47.2 Å². The average Bonchev–Trinajstić information content (AvgIpc) is 0.842. The molecule has 4 atom stereocenters. The lowest BCUT2D eigenvalue weighted by molar-refractivity contribution is -0.239. The summed E-state index contributed by atoms with van der Waals surface area (Å²) < 4.78 is 117. The first-order valence-electron chi connectivity index (χ1n) is 40.0. The zero-order valence-electron chi connectivity index (χ0n) is 75.5. The Labute approximate surface area is 732 Å². The molecular weight excluding hydrogens is 1690 g/mol. The summed E-state index contributed by atoms with van der Waals surface area (Å²) in [5.41, 5.74) is 12.0. The van der Waals surface area contributed by atoms with Gasteiger partial charge < -0.3 is 120 Å². The quantitative estimate of drug-likeness (QED) is 0.00614. The maximum atomic E-state index is 12.4. The van der Waals surface area contributed by atoms with Crippen molar-refractivity contribution in [2.45, 2.75) is 204 Å². The third-order valence-corrected chi connectivity index (χ3v) is 16.4. The predicted molar refractivity (Wildman–Crippen MR) is 436 cm³/mol. The summed E-state index contributed by atoms with van der Waals surface area (Å²) >= 11 is 0. The number of rotatable bonds is 70. The molecule has 0 fully saturated rings. The Kier molecular flexibility index (Phi) is 86.9. The maximum absolute atomic E-state index is 12.4. The maximum Gasteiger partial charge on any atom is 0.307 e. The van der Waals surface area contributed by atoms with Crippen molar-refractivity contribution in [3.63, 3.8) is 0 Å². The molecule has 0 spiro atoms. The molecule has 0 heterocycles. The molecule has 0 saturated carbocycles. The minimum absolute atomic E-state index is 0.00769. The van der Waals surface area contributed by atoms with Crippen LogP contribution in [0.4, 0.5) is 0 Å².